The van der Waals surface area contributed by atoms with Gasteiger partial charge in [0.1, 0.15) is 6.10 Å². The number of esters is 1. The molecule has 0 saturated heterocycles. The van der Waals surface area contributed by atoms with Gasteiger partial charge in [-0.1, -0.05) is 6.42 Å². The Bertz CT molecular complexity index is 210. The van der Waals surface area contributed by atoms with Crippen LogP contribution in [0.1, 0.15) is 39.5 Å². The molecule has 0 aromatic carbocycles. The number of carbonyl (C=O) groups excluding carboxylic acids is 1. The van der Waals surface area contributed by atoms with Gasteiger partial charge in [-0.25, -0.2) is 9.18 Å². The molecule has 1 saturated carbocycles. The number of halogens is 1. The highest BCUT2D eigenvalue weighted by atomic mass is 19.1. The summed E-state index contributed by atoms with van der Waals surface area (Å²) in [7, 11) is 0. The highest BCUT2D eigenvalue weighted by Gasteiger charge is 2.34. The molecule has 1 N–H and O–H groups in total. The lowest BCUT2D eigenvalue weighted by Crippen LogP contribution is -2.39. The van der Waals surface area contributed by atoms with Gasteiger partial charge in [0.15, 0.2) is 0 Å². The van der Waals surface area contributed by atoms with Gasteiger partial charge in [-0.05, 0) is 33.1 Å². The van der Waals surface area contributed by atoms with Crippen LogP contribution in [0.15, 0.2) is 0 Å². The summed E-state index contributed by atoms with van der Waals surface area (Å²) in [6, 6.07) is 0. The number of aliphatic hydroxyl groups is 1. The standard InChI is InChI=1S/C10H17FO3/c1-10(2,11)9(13)14-8-6-4-3-5-7(8)12/h7-8,12H,3-6H2,1-2H3. The molecule has 3 nitrogen and oxygen atoms in total. The lowest BCUT2D eigenvalue weighted by atomic mass is 9.95. The molecule has 1 fully saturated rings. The van der Waals surface area contributed by atoms with Crippen molar-refractivity contribution in [3.8, 4) is 0 Å². The summed E-state index contributed by atoms with van der Waals surface area (Å²) in [6.07, 6.45) is 1.96. The summed E-state index contributed by atoms with van der Waals surface area (Å²) in [5.74, 6) is -0.886. The van der Waals surface area contributed by atoms with Gasteiger partial charge < -0.3 is 9.84 Å². The first kappa shape index (κ1) is 11.4. The van der Waals surface area contributed by atoms with Crippen molar-refractivity contribution in [1.29, 1.82) is 0 Å². The number of aliphatic hydroxyl groups excluding tert-OH is 1. The van der Waals surface area contributed by atoms with Gasteiger partial charge in [-0.2, -0.15) is 0 Å². The van der Waals surface area contributed by atoms with Crippen LogP contribution in [0.2, 0.25) is 0 Å². The topological polar surface area (TPSA) is 46.5 Å². The van der Waals surface area contributed by atoms with Gasteiger partial charge in [0.25, 0.3) is 0 Å². The van der Waals surface area contributed by atoms with E-state index in [4.69, 9.17) is 4.74 Å². The minimum Gasteiger partial charge on any atom is -0.457 e. The van der Waals surface area contributed by atoms with Crippen molar-refractivity contribution < 1.29 is 19.0 Å². The fraction of sp³-hybridized carbons (Fsp3) is 0.900. The minimum atomic E-state index is -1.98. The maximum atomic E-state index is 13.1. The van der Waals surface area contributed by atoms with Crippen molar-refractivity contribution in [1.82, 2.24) is 0 Å². The predicted molar refractivity (Wildman–Crippen MR) is 49.5 cm³/mol. The SMILES string of the molecule is CC(C)(F)C(=O)OC1CCCCC1O. The van der Waals surface area contributed by atoms with E-state index in [1.165, 1.54) is 0 Å². The number of hydrogen-bond donors (Lipinski definition) is 1. The maximum Gasteiger partial charge on any atom is 0.343 e. The van der Waals surface area contributed by atoms with Crippen molar-refractivity contribution in [3.63, 3.8) is 0 Å². The van der Waals surface area contributed by atoms with E-state index in [0.29, 0.717) is 12.8 Å². The van der Waals surface area contributed by atoms with E-state index in [9.17, 15) is 14.3 Å². The highest BCUT2D eigenvalue weighted by molar-refractivity contribution is 5.78. The second-order valence-corrected chi connectivity index (χ2v) is 4.27. The van der Waals surface area contributed by atoms with Gasteiger partial charge >= 0.3 is 5.97 Å². The van der Waals surface area contributed by atoms with E-state index in [0.717, 1.165) is 26.7 Å². The largest absolute Gasteiger partial charge is 0.457 e. The Kier molecular flexibility index (Phi) is 3.48. The summed E-state index contributed by atoms with van der Waals surface area (Å²) >= 11 is 0. The van der Waals surface area contributed by atoms with E-state index in [2.05, 4.69) is 0 Å². The molecular formula is C10H17FO3. The molecule has 0 spiro atoms. The van der Waals surface area contributed by atoms with E-state index in [1.807, 2.05) is 0 Å². The zero-order chi connectivity index (χ0) is 10.8. The molecule has 0 heterocycles. The van der Waals surface area contributed by atoms with Crippen molar-refractivity contribution in [2.75, 3.05) is 0 Å². The maximum absolute atomic E-state index is 13.1. The molecule has 0 aromatic rings. The van der Waals surface area contributed by atoms with Gasteiger partial charge in [0, 0.05) is 0 Å². The summed E-state index contributed by atoms with van der Waals surface area (Å²) in [5, 5.41) is 9.48. The monoisotopic (exact) mass is 204 g/mol. The summed E-state index contributed by atoms with van der Waals surface area (Å²) in [6.45, 7) is 2.31. The molecule has 0 aromatic heterocycles. The molecule has 1 rings (SSSR count). The van der Waals surface area contributed by atoms with Crippen LogP contribution in [0.3, 0.4) is 0 Å². The van der Waals surface area contributed by atoms with Crippen LogP contribution in [0.25, 0.3) is 0 Å². The number of ether oxygens (including phenoxy) is 1. The summed E-state index contributed by atoms with van der Waals surface area (Å²) in [5.41, 5.74) is -1.98. The Morgan fingerprint density at radius 1 is 1.43 bits per heavy atom. The zero-order valence-corrected chi connectivity index (χ0v) is 8.62. The molecule has 0 aliphatic heterocycles. The number of alkyl halides is 1. The molecule has 4 heteroatoms. The molecule has 2 atom stereocenters. The molecule has 14 heavy (non-hydrogen) atoms. The van der Waals surface area contributed by atoms with Crippen molar-refractivity contribution in [3.05, 3.63) is 0 Å². The Morgan fingerprint density at radius 3 is 2.50 bits per heavy atom. The summed E-state index contributed by atoms with van der Waals surface area (Å²) in [4.78, 5) is 11.2. The predicted octanol–water partition coefficient (Wildman–Crippen LogP) is 1.58. The minimum absolute atomic E-state index is 0.522. The van der Waals surface area contributed by atoms with Crippen LogP contribution < -0.4 is 0 Å². The van der Waals surface area contributed by atoms with E-state index < -0.39 is 23.8 Å². The Hall–Kier alpha value is -0.640. The van der Waals surface area contributed by atoms with Crippen LogP contribution in [0.4, 0.5) is 4.39 Å². The quantitative estimate of drug-likeness (QED) is 0.695. The molecular weight excluding hydrogens is 187 g/mol. The molecule has 1 aliphatic carbocycles. The van der Waals surface area contributed by atoms with Gasteiger partial charge in [-0.15, -0.1) is 0 Å². The van der Waals surface area contributed by atoms with Gasteiger partial charge in [0.05, 0.1) is 6.10 Å². The number of carbonyl (C=O) groups is 1. The number of rotatable bonds is 2. The van der Waals surface area contributed by atoms with Crippen LogP contribution in [0.5, 0.6) is 0 Å². The summed E-state index contributed by atoms with van der Waals surface area (Å²) < 4.78 is 18.0. The second kappa shape index (κ2) is 4.26. The Labute approximate surface area is 83.3 Å². The lowest BCUT2D eigenvalue weighted by Gasteiger charge is -2.28. The molecule has 1 aliphatic rings. The van der Waals surface area contributed by atoms with E-state index in [1.54, 1.807) is 0 Å². The first-order valence-corrected chi connectivity index (χ1v) is 4.99. The van der Waals surface area contributed by atoms with Crippen LogP contribution >= 0.6 is 0 Å². The third kappa shape index (κ3) is 2.94. The highest BCUT2D eigenvalue weighted by Crippen LogP contribution is 2.23. The first-order valence-electron chi connectivity index (χ1n) is 4.99. The van der Waals surface area contributed by atoms with E-state index >= 15 is 0 Å². The molecule has 0 radical (unpaired) electrons. The van der Waals surface area contributed by atoms with Crippen molar-refractivity contribution in [2.24, 2.45) is 0 Å². The smallest absolute Gasteiger partial charge is 0.343 e. The molecule has 0 amide bonds. The average Bonchev–Trinajstić information content (AvgIpc) is 2.07. The average molecular weight is 204 g/mol. The van der Waals surface area contributed by atoms with Crippen LogP contribution in [-0.4, -0.2) is 29.0 Å². The van der Waals surface area contributed by atoms with Crippen molar-refractivity contribution >= 4 is 5.97 Å². The molecule has 2 unspecified atom stereocenters. The normalized spacial score (nSPS) is 28.6. The first-order chi connectivity index (χ1) is 6.41. The molecule has 82 valence electrons. The number of hydrogen-bond acceptors (Lipinski definition) is 3. The van der Waals surface area contributed by atoms with E-state index in [-0.39, 0.29) is 0 Å². The lowest BCUT2D eigenvalue weighted by molar-refractivity contribution is -0.169. The second-order valence-electron chi connectivity index (χ2n) is 4.27. The third-order valence-electron chi connectivity index (χ3n) is 2.41. The fourth-order valence-electron chi connectivity index (χ4n) is 1.49. The van der Waals surface area contributed by atoms with Crippen molar-refractivity contribution in [2.45, 2.75) is 57.4 Å². The van der Waals surface area contributed by atoms with Gasteiger partial charge in [0.2, 0.25) is 5.67 Å². The molecule has 0 bridgehead atoms. The third-order valence-corrected chi connectivity index (χ3v) is 2.41. The zero-order valence-electron chi connectivity index (χ0n) is 8.62. The van der Waals surface area contributed by atoms with Crippen LogP contribution in [-0.2, 0) is 9.53 Å². The van der Waals surface area contributed by atoms with Gasteiger partial charge in [-0.3, -0.25) is 0 Å². The Morgan fingerprint density at radius 2 is 2.00 bits per heavy atom. The van der Waals surface area contributed by atoms with Crippen LogP contribution in [0, 0.1) is 0 Å². The Balaban J connectivity index is 2.46. The fourth-order valence-corrected chi connectivity index (χ4v) is 1.49.